The number of hydrogen-bond donors (Lipinski definition) is 1. The van der Waals surface area contributed by atoms with E-state index >= 15 is 0 Å². The second kappa shape index (κ2) is 6.52. The van der Waals surface area contributed by atoms with Crippen molar-refractivity contribution in [3.05, 3.63) is 42.2 Å². The molecular weight excluding hydrogens is 259 g/mol. The number of carbonyl (C=O) groups excluding carboxylic acids is 1. The molecule has 2 atom stereocenters. The van der Waals surface area contributed by atoms with Crippen LogP contribution in [0, 0.1) is 11.7 Å². The van der Waals surface area contributed by atoms with E-state index in [0.717, 1.165) is 0 Å². The van der Waals surface area contributed by atoms with Gasteiger partial charge in [-0.1, -0.05) is 18.2 Å². The number of benzene rings is 1. The lowest BCUT2D eigenvalue weighted by atomic mass is 10.1. The van der Waals surface area contributed by atoms with Crippen LogP contribution in [0.1, 0.15) is 6.42 Å². The van der Waals surface area contributed by atoms with E-state index in [-0.39, 0.29) is 23.7 Å². The van der Waals surface area contributed by atoms with Gasteiger partial charge in [-0.15, -0.1) is 0 Å². The van der Waals surface area contributed by atoms with Gasteiger partial charge in [0.15, 0.2) is 0 Å². The Morgan fingerprint density at radius 1 is 1.50 bits per heavy atom. The smallest absolute Gasteiger partial charge is 0.229 e. The average Bonchev–Trinajstić information content (AvgIpc) is 2.84. The molecular formula is C15H19FN2O2. The Labute approximate surface area is 118 Å². The third-order valence-electron chi connectivity index (χ3n) is 3.30. The van der Waals surface area contributed by atoms with Crippen LogP contribution in [0.2, 0.25) is 0 Å². The van der Waals surface area contributed by atoms with E-state index in [1.807, 2.05) is 12.2 Å². The van der Waals surface area contributed by atoms with Crippen molar-refractivity contribution in [1.29, 1.82) is 0 Å². The highest BCUT2D eigenvalue weighted by atomic mass is 19.1. The number of rotatable bonds is 5. The normalized spacial score (nSPS) is 20.9. The largest absolute Gasteiger partial charge is 0.492 e. The zero-order chi connectivity index (χ0) is 14.5. The number of carbonyl (C=O) groups is 1. The molecule has 2 unspecified atom stereocenters. The zero-order valence-corrected chi connectivity index (χ0v) is 11.5. The van der Waals surface area contributed by atoms with Gasteiger partial charge in [-0.2, -0.15) is 0 Å². The lowest BCUT2D eigenvalue weighted by Crippen LogP contribution is -2.35. The van der Waals surface area contributed by atoms with Crippen LogP contribution in [0.15, 0.2) is 36.4 Å². The van der Waals surface area contributed by atoms with Crippen molar-refractivity contribution in [3.8, 4) is 5.75 Å². The second-order valence-corrected chi connectivity index (χ2v) is 4.96. The molecule has 108 valence electrons. The Hall–Kier alpha value is -1.88. The van der Waals surface area contributed by atoms with Crippen molar-refractivity contribution in [3.63, 3.8) is 0 Å². The van der Waals surface area contributed by atoms with Crippen molar-refractivity contribution < 1.29 is 13.9 Å². The number of amides is 1. The summed E-state index contributed by atoms with van der Waals surface area (Å²) in [6.07, 6.45) is 4.38. The fraction of sp³-hybridized carbons (Fsp3) is 0.400. The minimum absolute atomic E-state index is 0.0270. The summed E-state index contributed by atoms with van der Waals surface area (Å²) < 4.78 is 18.4. The highest BCUT2D eigenvalue weighted by Gasteiger charge is 2.25. The quantitative estimate of drug-likeness (QED) is 0.832. The first-order chi connectivity index (χ1) is 9.56. The van der Waals surface area contributed by atoms with Crippen LogP contribution < -0.4 is 10.5 Å². The second-order valence-electron chi connectivity index (χ2n) is 4.96. The molecule has 0 saturated carbocycles. The molecule has 1 aromatic carbocycles. The van der Waals surface area contributed by atoms with Crippen LogP contribution in [0.3, 0.4) is 0 Å². The first kappa shape index (κ1) is 14.5. The Morgan fingerprint density at radius 3 is 2.95 bits per heavy atom. The Morgan fingerprint density at radius 2 is 2.30 bits per heavy atom. The predicted molar refractivity (Wildman–Crippen MR) is 74.8 cm³/mol. The predicted octanol–water partition coefficient (Wildman–Crippen LogP) is 1.57. The van der Waals surface area contributed by atoms with Crippen molar-refractivity contribution in [2.24, 2.45) is 11.7 Å². The zero-order valence-electron chi connectivity index (χ0n) is 11.5. The Balaban J connectivity index is 1.76. The molecule has 1 aliphatic rings. The molecule has 0 aromatic heterocycles. The monoisotopic (exact) mass is 278 g/mol. The number of likely N-dealkylation sites (N-methyl/N-ethyl adjacent to an activating group) is 1. The summed E-state index contributed by atoms with van der Waals surface area (Å²) in [5, 5.41) is 0. The van der Waals surface area contributed by atoms with Crippen LogP contribution in [0.4, 0.5) is 4.39 Å². The summed E-state index contributed by atoms with van der Waals surface area (Å²) in [5.41, 5.74) is 5.74. The highest BCUT2D eigenvalue weighted by Crippen LogP contribution is 2.18. The minimum Gasteiger partial charge on any atom is -0.492 e. The van der Waals surface area contributed by atoms with Gasteiger partial charge in [-0.05, 0) is 18.6 Å². The lowest BCUT2D eigenvalue weighted by molar-refractivity contribution is -0.133. The van der Waals surface area contributed by atoms with Gasteiger partial charge in [-0.3, -0.25) is 4.79 Å². The van der Waals surface area contributed by atoms with Crippen LogP contribution in [0.25, 0.3) is 0 Å². The molecule has 4 nitrogen and oxygen atoms in total. The van der Waals surface area contributed by atoms with E-state index in [1.165, 1.54) is 12.1 Å². The van der Waals surface area contributed by atoms with Crippen molar-refractivity contribution in [2.75, 3.05) is 20.2 Å². The Kier molecular flexibility index (Phi) is 4.74. The van der Waals surface area contributed by atoms with Crippen LogP contribution in [-0.2, 0) is 4.79 Å². The summed E-state index contributed by atoms with van der Waals surface area (Å²) in [7, 11) is 1.73. The van der Waals surface area contributed by atoms with Gasteiger partial charge in [0.25, 0.3) is 0 Å². The van der Waals surface area contributed by atoms with Crippen molar-refractivity contribution in [2.45, 2.75) is 12.5 Å². The van der Waals surface area contributed by atoms with E-state index in [0.29, 0.717) is 25.3 Å². The van der Waals surface area contributed by atoms with Gasteiger partial charge >= 0.3 is 0 Å². The molecule has 0 fully saturated rings. The SMILES string of the molecule is CN(CCOc1cccc(F)c1)C(=O)C1C=CC(N)C1. The van der Waals surface area contributed by atoms with E-state index in [1.54, 1.807) is 24.1 Å². The highest BCUT2D eigenvalue weighted by molar-refractivity contribution is 5.81. The Bertz CT molecular complexity index is 504. The van der Waals surface area contributed by atoms with E-state index in [4.69, 9.17) is 10.5 Å². The molecule has 1 aromatic rings. The molecule has 0 saturated heterocycles. The third-order valence-corrected chi connectivity index (χ3v) is 3.30. The fourth-order valence-corrected chi connectivity index (χ4v) is 2.16. The standard InChI is InChI=1S/C15H19FN2O2/c1-18(15(19)11-5-6-13(17)9-11)7-8-20-14-4-2-3-12(16)10-14/h2-6,10-11,13H,7-9,17H2,1H3. The third kappa shape index (κ3) is 3.81. The van der Waals surface area contributed by atoms with Crippen molar-refractivity contribution in [1.82, 2.24) is 4.90 Å². The molecule has 1 aliphatic carbocycles. The average molecular weight is 278 g/mol. The summed E-state index contributed by atoms with van der Waals surface area (Å²) in [5.74, 6) is 0.0341. The maximum atomic E-state index is 13.0. The maximum absolute atomic E-state index is 13.0. The molecule has 0 bridgehead atoms. The molecule has 0 radical (unpaired) electrons. The van der Waals surface area contributed by atoms with Gasteiger partial charge in [0.1, 0.15) is 18.2 Å². The fourth-order valence-electron chi connectivity index (χ4n) is 2.16. The number of hydrogen-bond acceptors (Lipinski definition) is 3. The maximum Gasteiger partial charge on any atom is 0.229 e. The van der Waals surface area contributed by atoms with Crippen LogP contribution in [-0.4, -0.2) is 37.0 Å². The van der Waals surface area contributed by atoms with E-state index < -0.39 is 0 Å². The molecule has 1 amide bonds. The number of nitrogens with two attached hydrogens (primary N) is 1. The minimum atomic E-state index is -0.336. The van der Waals surface area contributed by atoms with Gasteiger partial charge < -0.3 is 15.4 Å². The molecule has 2 rings (SSSR count). The van der Waals surface area contributed by atoms with E-state index in [9.17, 15) is 9.18 Å². The number of halogens is 1. The van der Waals surface area contributed by atoms with Gasteiger partial charge in [0.05, 0.1) is 12.5 Å². The molecule has 0 aliphatic heterocycles. The lowest BCUT2D eigenvalue weighted by Gasteiger charge is -2.20. The molecule has 20 heavy (non-hydrogen) atoms. The summed E-state index contributed by atoms with van der Waals surface area (Å²) >= 11 is 0. The van der Waals surface area contributed by atoms with Crippen LogP contribution in [0.5, 0.6) is 5.75 Å². The first-order valence-electron chi connectivity index (χ1n) is 6.63. The summed E-state index contributed by atoms with van der Waals surface area (Å²) in [4.78, 5) is 13.7. The van der Waals surface area contributed by atoms with Crippen LogP contribution >= 0.6 is 0 Å². The van der Waals surface area contributed by atoms with Crippen molar-refractivity contribution >= 4 is 5.91 Å². The summed E-state index contributed by atoms with van der Waals surface area (Å²) in [6, 6.07) is 5.92. The van der Waals surface area contributed by atoms with E-state index in [2.05, 4.69) is 0 Å². The molecule has 0 spiro atoms. The van der Waals surface area contributed by atoms with Gasteiger partial charge in [-0.25, -0.2) is 4.39 Å². The topological polar surface area (TPSA) is 55.6 Å². The number of ether oxygens (including phenoxy) is 1. The number of nitrogens with zero attached hydrogens (tertiary/aromatic N) is 1. The molecule has 5 heteroatoms. The summed E-state index contributed by atoms with van der Waals surface area (Å²) in [6.45, 7) is 0.781. The first-order valence-corrected chi connectivity index (χ1v) is 6.63. The van der Waals surface area contributed by atoms with Gasteiger partial charge in [0, 0.05) is 19.2 Å². The van der Waals surface area contributed by atoms with Gasteiger partial charge in [0.2, 0.25) is 5.91 Å². The molecule has 0 heterocycles. The molecule has 2 N–H and O–H groups in total.